The zero-order valence-corrected chi connectivity index (χ0v) is 29.0. The summed E-state index contributed by atoms with van der Waals surface area (Å²) in [5, 5.41) is 0. The van der Waals surface area contributed by atoms with Gasteiger partial charge in [0.2, 0.25) is 0 Å². The number of carbonyl (C=O) groups is 1. The highest BCUT2D eigenvalue weighted by Gasteiger charge is 2.02. The molecule has 0 heterocycles. The molecule has 2 heteroatoms. The van der Waals surface area contributed by atoms with Crippen molar-refractivity contribution in [2.75, 3.05) is 6.61 Å². The highest BCUT2D eigenvalue weighted by atomic mass is 16.5. The van der Waals surface area contributed by atoms with Crippen LogP contribution in [0.1, 0.15) is 219 Å². The molecule has 0 amide bonds. The van der Waals surface area contributed by atoms with Crippen molar-refractivity contribution in [2.24, 2.45) is 0 Å². The topological polar surface area (TPSA) is 26.3 Å². The summed E-state index contributed by atoms with van der Waals surface area (Å²) in [5.74, 6) is 0.0147. The number of esters is 1. The van der Waals surface area contributed by atoms with Gasteiger partial charge >= 0.3 is 5.97 Å². The van der Waals surface area contributed by atoms with Crippen molar-refractivity contribution in [3.63, 3.8) is 0 Å². The van der Waals surface area contributed by atoms with Crippen LogP contribution in [0, 0.1) is 0 Å². The maximum absolute atomic E-state index is 11.9. The summed E-state index contributed by atoms with van der Waals surface area (Å²) in [5.41, 5.74) is 0. The number of hydrogen-bond acceptors (Lipinski definition) is 2. The Kier molecular flexibility index (Phi) is 37.0. The molecular weight excluding hydrogens is 512 g/mol. The zero-order valence-electron chi connectivity index (χ0n) is 29.0. The lowest BCUT2D eigenvalue weighted by Crippen LogP contribution is -2.05. The van der Waals surface area contributed by atoms with Crippen LogP contribution in [0.4, 0.5) is 0 Å². The van der Waals surface area contributed by atoms with E-state index in [1.807, 2.05) is 0 Å². The first-order valence-corrected chi connectivity index (χ1v) is 19.3. The quantitative estimate of drug-likeness (QED) is 0.0418. The van der Waals surface area contributed by atoms with Crippen molar-refractivity contribution < 1.29 is 9.53 Å². The lowest BCUT2D eigenvalue weighted by atomic mass is 10.1. The normalized spacial score (nSPS) is 11.8. The Morgan fingerprint density at radius 2 is 0.667 bits per heavy atom. The molecule has 0 fully saturated rings. The zero-order chi connectivity index (χ0) is 30.4. The molecule has 0 aromatic carbocycles. The van der Waals surface area contributed by atoms with Gasteiger partial charge in [0, 0.05) is 6.42 Å². The van der Waals surface area contributed by atoms with Gasteiger partial charge in [-0.3, -0.25) is 4.79 Å². The monoisotopic (exact) mass is 589 g/mol. The number of carbonyl (C=O) groups excluding carboxylic acids is 1. The minimum atomic E-state index is 0.0147. The molecule has 0 aliphatic carbocycles. The van der Waals surface area contributed by atoms with Gasteiger partial charge in [-0.15, -0.1) is 0 Å². The SMILES string of the molecule is CCCCCCCC/C=C/CCCCCCCCCCCCOC(=O)CCCCCCC/C=C/CCCCCCCC. The van der Waals surface area contributed by atoms with Crippen molar-refractivity contribution in [3.05, 3.63) is 24.3 Å². The fourth-order valence-electron chi connectivity index (χ4n) is 5.65. The van der Waals surface area contributed by atoms with Gasteiger partial charge in [-0.2, -0.15) is 0 Å². The van der Waals surface area contributed by atoms with Gasteiger partial charge < -0.3 is 4.74 Å². The lowest BCUT2D eigenvalue weighted by molar-refractivity contribution is -0.143. The smallest absolute Gasteiger partial charge is 0.305 e. The van der Waals surface area contributed by atoms with Crippen LogP contribution in [-0.4, -0.2) is 12.6 Å². The predicted molar refractivity (Wildman–Crippen MR) is 188 cm³/mol. The van der Waals surface area contributed by atoms with Crippen molar-refractivity contribution in [3.8, 4) is 0 Å². The van der Waals surface area contributed by atoms with Crippen molar-refractivity contribution >= 4 is 5.97 Å². The molecule has 2 nitrogen and oxygen atoms in total. The molecule has 0 saturated carbocycles. The molecular formula is C40H76O2. The minimum absolute atomic E-state index is 0.0147. The molecule has 0 atom stereocenters. The molecule has 0 unspecified atom stereocenters. The van der Waals surface area contributed by atoms with E-state index < -0.39 is 0 Å². The molecule has 0 radical (unpaired) electrons. The number of ether oxygens (including phenoxy) is 1. The summed E-state index contributed by atoms with van der Waals surface area (Å²) in [6.07, 6.45) is 51.1. The number of allylic oxidation sites excluding steroid dienone is 4. The molecule has 248 valence electrons. The summed E-state index contributed by atoms with van der Waals surface area (Å²) in [7, 11) is 0. The van der Waals surface area contributed by atoms with E-state index in [0.717, 1.165) is 19.3 Å². The standard InChI is InChI=1S/C40H76O2/c1-3-5-7-9-11-13-15-17-19-20-21-22-23-25-27-29-31-33-35-37-39-42-40(41)38-36-34-32-30-28-26-24-18-16-14-12-10-8-6-4-2/h17-19,24H,3-16,20-23,25-39H2,1-2H3/b19-17+,24-18+. The largest absolute Gasteiger partial charge is 0.466 e. The van der Waals surface area contributed by atoms with Crippen LogP contribution >= 0.6 is 0 Å². The van der Waals surface area contributed by atoms with E-state index in [1.165, 1.54) is 180 Å². The number of rotatable bonds is 35. The Morgan fingerprint density at radius 1 is 0.381 bits per heavy atom. The Bertz CT molecular complexity index is 564. The summed E-state index contributed by atoms with van der Waals surface area (Å²) in [4.78, 5) is 11.9. The first kappa shape index (κ1) is 41.0. The molecule has 0 bridgehead atoms. The van der Waals surface area contributed by atoms with Gasteiger partial charge in [0.05, 0.1) is 6.61 Å². The lowest BCUT2D eigenvalue weighted by Gasteiger charge is -2.05. The summed E-state index contributed by atoms with van der Waals surface area (Å²) in [6.45, 7) is 5.19. The number of hydrogen-bond donors (Lipinski definition) is 0. The molecule has 0 spiro atoms. The Labute approximate surface area is 265 Å². The second-order valence-electron chi connectivity index (χ2n) is 12.9. The number of unbranched alkanes of at least 4 members (excludes halogenated alkanes) is 27. The molecule has 0 saturated heterocycles. The first-order valence-electron chi connectivity index (χ1n) is 19.3. The van der Waals surface area contributed by atoms with Crippen LogP contribution in [0.5, 0.6) is 0 Å². The summed E-state index contributed by atoms with van der Waals surface area (Å²) >= 11 is 0. The first-order chi connectivity index (χ1) is 20.8. The fourth-order valence-corrected chi connectivity index (χ4v) is 5.65. The third-order valence-electron chi connectivity index (χ3n) is 8.56. The van der Waals surface area contributed by atoms with Crippen LogP contribution in [0.3, 0.4) is 0 Å². The van der Waals surface area contributed by atoms with Gasteiger partial charge in [-0.05, 0) is 64.2 Å². The van der Waals surface area contributed by atoms with Crippen molar-refractivity contribution in [1.82, 2.24) is 0 Å². The van der Waals surface area contributed by atoms with E-state index in [0.29, 0.717) is 13.0 Å². The minimum Gasteiger partial charge on any atom is -0.466 e. The Balaban J connectivity index is 3.21. The van der Waals surface area contributed by atoms with E-state index in [4.69, 9.17) is 4.74 Å². The molecule has 0 aromatic rings. The van der Waals surface area contributed by atoms with Crippen LogP contribution in [0.2, 0.25) is 0 Å². The third kappa shape index (κ3) is 37.0. The van der Waals surface area contributed by atoms with Gasteiger partial charge in [0.1, 0.15) is 0 Å². The highest BCUT2D eigenvalue weighted by molar-refractivity contribution is 5.69. The van der Waals surface area contributed by atoms with Crippen LogP contribution in [0.25, 0.3) is 0 Å². The second kappa shape index (κ2) is 38.0. The molecule has 0 aliphatic rings. The average molecular weight is 589 g/mol. The van der Waals surface area contributed by atoms with Gasteiger partial charge in [0.15, 0.2) is 0 Å². The Morgan fingerprint density at radius 3 is 1.02 bits per heavy atom. The summed E-state index contributed by atoms with van der Waals surface area (Å²) < 4.78 is 5.45. The average Bonchev–Trinajstić information content (AvgIpc) is 3.00. The maximum atomic E-state index is 11.9. The molecule has 0 aromatic heterocycles. The van der Waals surface area contributed by atoms with Gasteiger partial charge in [-0.25, -0.2) is 0 Å². The van der Waals surface area contributed by atoms with Crippen LogP contribution in [-0.2, 0) is 9.53 Å². The van der Waals surface area contributed by atoms with Crippen molar-refractivity contribution in [1.29, 1.82) is 0 Å². The van der Waals surface area contributed by atoms with E-state index in [9.17, 15) is 4.79 Å². The van der Waals surface area contributed by atoms with E-state index in [1.54, 1.807) is 0 Å². The van der Waals surface area contributed by atoms with Gasteiger partial charge in [0.25, 0.3) is 0 Å². The van der Waals surface area contributed by atoms with E-state index >= 15 is 0 Å². The molecule has 0 N–H and O–H groups in total. The maximum Gasteiger partial charge on any atom is 0.305 e. The highest BCUT2D eigenvalue weighted by Crippen LogP contribution is 2.13. The third-order valence-corrected chi connectivity index (χ3v) is 8.56. The van der Waals surface area contributed by atoms with Gasteiger partial charge in [-0.1, -0.05) is 173 Å². The predicted octanol–water partition coefficient (Wildman–Crippen LogP) is 14.2. The summed E-state index contributed by atoms with van der Waals surface area (Å²) in [6, 6.07) is 0. The molecule has 0 rings (SSSR count). The van der Waals surface area contributed by atoms with Crippen LogP contribution in [0.15, 0.2) is 24.3 Å². The van der Waals surface area contributed by atoms with Crippen LogP contribution < -0.4 is 0 Å². The van der Waals surface area contributed by atoms with Crippen molar-refractivity contribution in [2.45, 2.75) is 219 Å². The molecule has 42 heavy (non-hydrogen) atoms. The van der Waals surface area contributed by atoms with E-state index in [-0.39, 0.29) is 5.97 Å². The molecule has 0 aliphatic heterocycles. The fraction of sp³-hybridized carbons (Fsp3) is 0.875. The second-order valence-corrected chi connectivity index (χ2v) is 12.9. The Hall–Kier alpha value is -1.05. The van der Waals surface area contributed by atoms with E-state index in [2.05, 4.69) is 38.2 Å².